The molecule has 0 atom stereocenters. The molecule has 0 aliphatic heterocycles. The van der Waals surface area contributed by atoms with Crippen LogP contribution < -0.4 is 5.32 Å². The van der Waals surface area contributed by atoms with Gasteiger partial charge in [0, 0.05) is 19.6 Å². The summed E-state index contributed by atoms with van der Waals surface area (Å²) in [4.78, 5) is 12.2. The normalized spacial score (nSPS) is 11.9. The summed E-state index contributed by atoms with van der Waals surface area (Å²) in [5.74, 6) is -0.514. The van der Waals surface area contributed by atoms with Crippen molar-refractivity contribution in [1.29, 1.82) is 0 Å². The molecule has 0 saturated carbocycles. The van der Waals surface area contributed by atoms with Gasteiger partial charge in [-0.25, -0.2) is 4.79 Å². The molecule has 0 aromatic carbocycles. The first kappa shape index (κ1) is 18.1. The Morgan fingerprint density at radius 3 is 2.53 bits per heavy atom. The number of nitrogens with zero attached hydrogens (tertiary/aromatic N) is 1. The molecule has 0 amide bonds. The Balaban J connectivity index is 3.88. The molecule has 8 heteroatoms. The Morgan fingerprint density at radius 1 is 1.32 bits per heavy atom. The zero-order valence-electron chi connectivity index (χ0n) is 11.3. The summed E-state index contributed by atoms with van der Waals surface area (Å²) in [6, 6.07) is 0. The molecule has 5 nitrogen and oxygen atoms in total. The monoisotopic (exact) mass is 286 g/mol. The van der Waals surface area contributed by atoms with Crippen LogP contribution in [0.2, 0.25) is 0 Å². The summed E-state index contributed by atoms with van der Waals surface area (Å²) in [6.45, 7) is 1.58. The quantitative estimate of drug-likeness (QED) is 0.472. The second kappa shape index (κ2) is 9.99. The first-order valence-electron chi connectivity index (χ1n) is 6.06. The van der Waals surface area contributed by atoms with Crippen molar-refractivity contribution in [3.63, 3.8) is 0 Å². The lowest BCUT2D eigenvalue weighted by Gasteiger charge is -2.23. The van der Waals surface area contributed by atoms with Crippen molar-refractivity contribution in [2.75, 3.05) is 53.0 Å². The topological polar surface area (TPSA) is 50.8 Å². The minimum atomic E-state index is -4.24. The smallest absolute Gasteiger partial charge is 0.401 e. The summed E-state index contributed by atoms with van der Waals surface area (Å²) in [5, 5.41) is 2.79. The predicted octanol–water partition coefficient (Wildman–Crippen LogP) is 0.650. The molecule has 19 heavy (non-hydrogen) atoms. The van der Waals surface area contributed by atoms with Crippen LogP contribution in [0.5, 0.6) is 0 Å². The molecule has 0 aromatic rings. The molecular weight excluding hydrogens is 265 g/mol. The number of ether oxygens (including phenoxy) is 2. The van der Waals surface area contributed by atoms with E-state index < -0.39 is 18.7 Å². The number of carbonyl (C=O) groups is 1. The number of esters is 1. The second-order valence-electron chi connectivity index (χ2n) is 3.85. The third kappa shape index (κ3) is 11.9. The van der Waals surface area contributed by atoms with Gasteiger partial charge in [0.25, 0.3) is 0 Å². The summed E-state index contributed by atoms with van der Waals surface area (Å²) >= 11 is 0. The van der Waals surface area contributed by atoms with Crippen LogP contribution >= 0.6 is 0 Å². The van der Waals surface area contributed by atoms with Crippen molar-refractivity contribution in [3.05, 3.63) is 0 Å². The van der Waals surface area contributed by atoms with Crippen LogP contribution in [-0.4, -0.2) is 70.1 Å². The van der Waals surface area contributed by atoms with Crippen LogP contribution in [0.3, 0.4) is 0 Å². The van der Waals surface area contributed by atoms with Gasteiger partial charge < -0.3 is 14.8 Å². The lowest BCUT2D eigenvalue weighted by molar-refractivity contribution is -0.152. The molecular formula is C11H21F3N2O3. The largest absolute Gasteiger partial charge is 0.464 e. The minimum absolute atomic E-state index is 0.0542. The average molecular weight is 286 g/mol. The summed E-state index contributed by atoms with van der Waals surface area (Å²) in [6.07, 6.45) is -4.24. The number of carbonyl (C=O) groups excluding carboxylic acids is 1. The van der Waals surface area contributed by atoms with Gasteiger partial charge in [-0.2, -0.15) is 13.2 Å². The number of rotatable bonds is 10. The van der Waals surface area contributed by atoms with Gasteiger partial charge in [0.05, 0.1) is 19.8 Å². The molecule has 0 bridgehead atoms. The van der Waals surface area contributed by atoms with Crippen molar-refractivity contribution in [1.82, 2.24) is 10.2 Å². The van der Waals surface area contributed by atoms with Crippen molar-refractivity contribution in [2.45, 2.75) is 13.1 Å². The van der Waals surface area contributed by atoms with Crippen LogP contribution in [0.15, 0.2) is 0 Å². The summed E-state index contributed by atoms with van der Waals surface area (Å²) < 4.78 is 46.5. The van der Waals surface area contributed by atoms with E-state index in [-0.39, 0.29) is 32.9 Å². The Morgan fingerprint density at radius 2 is 2.00 bits per heavy atom. The molecule has 0 rings (SSSR count). The van der Waals surface area contributed by atoms with E-state index in [1.54, 1.807) is 14.0 Å². The van der Waals surface area contributed by atoms with Crippen LogP contribution in [-0.2, 0) is 14.3 Å². The molecule has 114 valence electrons. The van der Waals surface area contributed by atoms with Gasteiger partial charge in [0.2, 0.25) is 0 Å². The fourth-order valence-electron chi connectivity index (χ4n) is 1.35. The molecule has 0 unspecified atom stereocenters. The van der Waals surface area contributed by atoms with E-state index in [0.29, 0.717) is 6.54 Å². The van der Waals surface area contributed by atoms with E-state index in [0.717, 1.165) is 0 Å². The fourth-order valence-corrected chi connectivity index (χ4v) is 1.35. The third-order valence-corrected chi connectivity index (χ3v) is 2.16. The molecule has 0 aliphatic rings. The molecule has 0 aromatic heterocycles. The molecule has 0 spiro atoms. The average Bonchev–Trinajstić information content (AvgIpc) is 2.30. The minimum Gasteiger partial charge on any atom is -0.464 e. The fraction of sp³-hybridized carbons (Fsp3) is 0.909. The van der Waals surface area contributed by atoms with E-state index in [2.05, 4.69) is 10.1 Å². The van der Waals surface area contributed by atoms with E-state index >= 15 is 0 Å². The molecule has 0 aliphatic carbocycles. The van der Waals surface area contributed by atoms with E-state index in [1.165, 1.54) is 4.90 Å². The summed E-state index contributed by atoms with van der Waals surface area (Å²) in [5.41, 5.74) is 0. The highest BCUT2D eigenvalue weighted by atomic mass is 19.4. The lowest BCUT2D eigenvalue weighted by atomic mass is 10.4. The maximum Gasteiger partial charge on any atom is 0.401 e. The number of alkyl halides is 3. The number of hydrogen-bond acceptors (Lipinski definition) is 5. The SMILES string of the molecule is CCOC(=O)COCCN(CCNC)CC(F)(F)F. The third-order valence-electron chi connectivity index (χ3n) is 2.16. The van der Waals surface area contributed by atoms with Gasteiger partial charge >= 0.3 is 12.1 Å². The van der Waals surface area contributed by atoms with Gasteiger partial charge in [-0.05, 0) is 14.0 Å². The van der Waals surface area contributed by atoms with Crippen LogP contribution in [0.4, 0.5) is 13.2 Å². The summed E-state index contributed by atoms with van der Waals surface area (Å²) in [7, 11) is 1.67. The van der Waals surface area contributed by atoms with Gasteiger partial charge in [-0.1, -0.05) is 0 Å². The van der Waals surface area contributed by atoms with Crippen molar-refractivity contribution in [2.24, 2.45) is 0 Å². The zero-order chi connectivity index (χ0) is 14.7. The molecule has 0 radical (unpaired) electrons. The first-order valence-corrected chi connectivity index (χ1v) is 6.06. The Labute approximate surface area is 111 Å². The van der Waals surface area contributed by atoms with E-state index in [4.69, 9.17) is 4.74 Å². The Kier molecular flexibility index (Phi) is 9.54. The van der Waals surface area contributed by atoms with Crippen LogP contribution in [0.1, 0.15) is 6.92 Å². The second-order valence-corrected chi connectivity index (χ2v) is 3.85. The van der Waals surface area contributed by atoms with Gasteiger partial charge in [-0.3, -0.25) is 4.90 Å². The highest BCUT2D eigenvalue weighted by Crippen LogP contribution is 2.15. The lowest BCUT2D eigenvalue weighted by Crippen LogP contribution is -2.40. The highest BCUT2D eigenvalue weighted by molar-refractivity contribution is 5.70. The van der Waals surface area contributed by atoms with Gasteiger partial charge in [0.1, 0.15) is 6.61 Å². The molecule has 0 heterocycles. The Bertz CT molecular complexity index is 250. The number of nitrogens with one attached hydrogen (secondary N) is 1. The number of hydrogen-bond donors (Lipinski definition) is 1. The molecule has 0 fully saturated rings. The molecule has 0 saturated heterocycles. The van der Waals surface area contributed by atoms with Crippen molar-refractivity contribution < 1.29 is 27.4 Å². The standard InChI is InChI=1S/C11H21F3N2O3/c1-3-19-10(17)8-18-7-6-16(5-4-15-2)9-11(12,13)14/h15H,3-9H2,1-2H3. The van der Waals surface area contributed by atoms with Crippen molar-refractivity contribution in [3.8, 4) is 0 Å². The Hall–Kier alpha value is -0.860. The number of likely N-dealkylation sites (N-methyl/N-ethyl adjacent to an activating group) is 1. The molecule has 1 N–H and O–H groups in total. The van der Waals surface area contributed by atoms with E-state index in [9.17, 15) is 18.0 Å². The van der Waals surface area contributed by atoms with Crippen molar-refractivity contribution >= 4 is 5.97 Å². The van der Waals surface area contributed by atoms with E-state index in [1.807, 2.05) is 0 Å². The van der Waals surface area contributed by atoms with Gasteiger partial charge in [-0.15, -0.1) is 0 Å². The highest BCUT2D eigenvalue weighted by Gasteiger charge is 2.30. The maximum absolute atomic E-state index is 12.3. The van der Waals surface area contributed by atoms with Crippen LogP contribution in [0.25, 0.3) is 0 Å². The predicted molar refractivity (Wildman–Crippen MR) is 63.9 cm³/mol. The number of halogens is 3. The van der Waals surface area contributed by atoms with Crippen LogP contribution in [0, 0.1) is 0 Å². The van der Waals surface area contributed by atoms with Gasteiger partial charge in [0.15, 0.2) is 0 Å². The maximum atomic E-state index is 12.3. The zero-order valence-corrected chi connectivity index (χ0v) is 11.3. The first-order chi connectivity index (χ1) is 8.89.